The molecule has 0 saturated carbocycles. The standard InChI is InChI=1S/C22H14F5N5.Pt/c1-21(2,15-6-3-5-14(29-15)13-9-10-18(23)31-20(13)24)16-7-4-8-19(30-16)32-11-17(28-12-32)22(25,26)27;/h3-8,10-11H,1-2H3;/q-2;+2. The third-order valence-electron chi connectivity index (χ3n) is 4.83. The summed E-state index contributed by atoms with van der Waals surface area (Å²) in [4.78, 5) is 15.3. The fraction of sp³-hybridized carbons (Fsp3) is 0.182. The maximum atomic E-state index is 14.1. The molecular weight excluding hydrogens is 624 g/mol. The van der Waals surface area contributed by atoms with E-state index in [-0.39, 0.29) is 38.1 Å². The minimum atomic E-state index is -4.59. The summed E-state index contributed by atoms with van der Waals surface area (Å²) in [5, 5.41) is 0. The van der Waals surface area contributed by atoms with Crippen molar-refractivity contribution < 1.29 is 43.0 Å². The van der Waals surface area contributed by atoms with Crippen LogP contribution in [0.2, 0.25) is 0 Å². The van der Waals surface area contributed by atoms with Gasteiger partial charge in [-0.1, -0.05) is 42.1 Å². The summed E-state index contributed by atoms with van der Waals surface area (Å²) in [5.41, 5.74) is -0.777. The van der Waals surface area contributed by atoms with Crippen molar-refractivity contribution in [1.82, 2.24) is 24.5 Å². The number of imidazole rings is 1. The van der Waals surface area contributed by atoms with E-state index in [0.717, 1.165) is 16.8 Å². The zero-order valence-corrected chi connectivity index (χ0v) is 19.3. The summed E-state index contributed by atoms with van der Waals surface area (Å²) in [6, 6.07) is 13.2. The monoisotopic (exact) mass is 638 g/mol. The van der Waals surface area contributed by atoms with E-state index in [1.54, 1.807) is 24.3 Å². The van der Waals surface area contributed by atoms with Crippen LogP contribution in [0.4, 0.5) is 22.0 Å². The Bertz CT molecular complexity index is 1290. The average Bonchev–Trinajstić information content (AvgIpc) is 3.25. The molecule has 0 bridgehead atoms. The van der Waals surface area contributed by atoms with Gasteiger partial charge in [-0.15, -0.1) is 6.07 Å². The second-order valence-corrected chi connectivity index (χ2v) is 7.40. The molecule has 0 aromatic carbocycles. The molecule has 0 saturated heterocycles. The number of aromatic nitrogens is 5. The number of hydrogen-bond acceptors (Lipinski definition) is 4. The molecule has 172 valence electrons. The number of halogens is 5. The molecule has 11 heteroatoms. The molecule has 0 aliphatic carbocycles. The van der Waals surface area contributed by atoms with E-state index in [0.29, 0.717) is 11.4 Å². The van der Waals surface area contributed by atoms with Crippen LogP contribution < -0.4 is 0 Å². The van der Waals surface area contributed by atoms with Gasteiger partial charge in [0.15, 0.2) is 0 Å². The van der Waals surface area contributed by atoms with Crippen LogP contribution in [0.5, 0.6) is 0 Å². The van der Waals surface area contributed by atoms with Gasteiger partial charge in [-0.3, -0.25) is 9.97 Å². The van der Waals surface area contributed by atoms with Crippen LogP contribution in [0.3, 0.4) is 0 Å². The molecule has 33 heavy (non-hydrogen) atoms. The Morgan fingerprint density at radius 3 is 2.18 bits per heavy atom. The smallest absolute Gasteiger partial charge is 0.418 e. The molecule has 4 rings (SSSR count). The molecule has 4 heterocycles. The van der Waals surface area contributed by atoms with Crippen LogP contribution in [0.1, 0.15) is 30.9 Å². The van der Waals surface area contributed by atoms with E-state index in [1.807, 2.05) is 13.8 Å². The fourth-order valence-electron chi connectivity index (χ4n) is 3.05. The second kappa shape index (κ2) is 9.09. The maximum absolute atomic E-state index is 14.1. The van der Waals surface area contributed by atoms with Crippen molar-refractivity contribution in [2.45, 2.75) is 25.4 Å². The first-order valence-electron chi connectivity index (χ1n) is 9.29. The molecule has 0 fully saturated rings. The van der Waals surface area contributed by atoms with Crippen LogP contribution in [0.25, 0.3) is 17.1 Å². The summed E-state index contributed by atoms with van der Waals surface area (Å²) >= 11 is 0. The Labute approximate surface area is 200 Å². The number of alkyl halides is 3. The second-order valence-electron chi connectivity index (χ2n) is 7.40. The first kappa shape index (κ1) is 24.6. The Balaban J connectivity index is 0.00000306. The van der Waals surface area contributed by atoms with Gasteiger partial charge in [0.2, 0.25) is 0 Å². The van der Waals surface area contributed by atoms with Gasteiger partial charge in [0, 0.05) is 28.8 Å². The third kappa shape index (κ3) is 5.00. The van der Waals surface area contributed by atoms with E-state index in [1.165, 1.54) is 12.1 Å². The molecule has 0 aliphatic rings. The zero-order chi connectivity index (χ0) is 23.1. The molecule has 0 unspecified atom stereocenters. The first-order chi connectivity index (χ1) is 15.1. The SMILES string of the molecule is CC(C)(c1cccc(-c2[c-]cc(F)nc2F)n1)c1cccc(-n2[c-]nc(C(F)(F)F)c2)n1.[Pt+2]. The number of rotatable bonds is 4. The average molecular weight is 638 g/mol. The van der Waals surface area contributed by atoms with Crippen LogP contribution >= 0.6 is 0 Å². The van der Waals surface area contributed by atoms with Crippen LogP contribution in [-0.4, -0.2) is 24.5 Å². The van der Waals surface area contributed by atoms with Crippen molar-refractivity contribution in [3.63, 3.8) is 0 Å². The van der Waals surface area contributed by atoms with Crippen molar-refractivity contribution in [1.29, 1.82) is 0 Å². The number of nitrogens with zero attached hydrogens (tertiary/aromatic N) is 5. The van der Waals surface area contributed by atoms with Crippen LogP contribution in [0.15, 0.2) is 48.7 Å². The van der Waals surface area contributed by atoms with E-state index < -0.39 is 29.2 Å². The molecule has 0 spiro atoms. The van der Waals surface area contributed by atoms with Gasteiger partial charge in [0.25, 0.3) is 0 Å². The molecule has 0 amide bonds. The van der Waals surface area contributed by atoms with Crippen LogP contribution in [-0.2, 0) is 32.7 Å². The molecule has 0 aliphatic heterocycles. The fourth-order valence-corrected chi connectivity index (χ4v) is 3.05. The largest absolute Gasteiger partial charge is 2.00 e. The summed E-state index contributed by atoms with van der Waals surface area (Å²) in [6.07, 6.45) is -1.52. The topological polar surface area (TPSA) is 56.5 Å². The van der Waals surface area contributed by atoms with Gasteiger partial charge < -0.3 is 14.5 Å². The van der Waals surface area contributed by atoms with E-state index >= 15 is 0 Å². The molecule has 5 nitrogen and oxygen atoms in total. The number of hydrogen-bond donors (Lipinski definition) is 0. The summed E-state index contributed by atoms with van der Waals surface area (Å²) in [6.45, 7) is 3.62. The molecule has 4 aromatic heterocycles. The van der Waals surface area contributed by atoms with Crippen molar-refractivity contribution in [2.24, 2.45) is 0 Å². The van der Waals surface area contributed by atoms with Crippen molar-refractivity contribution in [3.8, 4) is 17.1 Å². The predicted octanol–water partition coefficient (Wildman–Crippen LogP) is 4.95. The summed E-state index contributed by atoms with van der Waals surface area (Å²) in [7, 11) is 0. The molecule has 0 atom stereocenters. The minimum absolute atomic E-state index is 0. The zero-order valence-electron chi connectivity index (χ0n) is 17.1. The number of pyridine rings is 3. The van der Waals surface area contributed by atoms with Gasteiger partial charge in [-0.2, -0.15) is 13.2 Å². The molecule has 0 radical (unpaired) electrons. The molecule has 4 aromatic rings. The van der Waals surface area contributed by atoms with E-state index in [9.17, 15) is 22.0 Å². The Morgan fingerprint density at radius 2 is 1.55 bits per heavy atom. The third-order valence-corrected chi connectivity index (χ3v) is 4.83. The van der Waals surface area contributed by atoms with Crippen molar-refractivity contribution in [2.75, 3.05) is 0 Å². The molecule has 0 N–H and O–H groups in total. The normalized spacial score (nSPS) is 11.8. The van der Waals surface area contributed by atoms with Gasteiger partial charge >= 0.3 is 27.2 Å². The Morgan fingerprint density at radius 1 is 0.879 bits per heavy atom. The maximum Gasteiger partial charge on any atom is 2.00 e. The van der Waals surface area contributed by atoms with Gasteiger partial charge in [-0.05, 0) is 31.7 Å². The first-order valence-corrected chi connectivity index (χ1v) is 9.29. The van der Waals surface area contributed by atoms with Gasteiger partial charge in [-0.25, -0.2) is 8.78 Å². The minimum Gasteiger partial charge on any atom is -0.418 e. The van der Waals surface area contributed by atoms with Crippen molar-refractivity contribution >= 4 is 0 Å². The van der Waals surface area contributed by atoms with E-state index in [4.69, 9.17) is 0 Å². The summed E-state index contributed by atoms with van der Waals surface area (Å²) < 4.78 is 66.8. The van der Waals surface area contributed by atoms with Crippen LogP contribution in [0, 0.1) is 24.3 Å². The predicted molar refractivity (Wildman–Crippen MR) is 104 cm³/mol. The summed E-state index contributed by atoms with van der Waals surface area (Å²) in [5.74, 6) is -1.84. The van der Waals surface area contributed by atoms with Gasteiger partial charge in [0.05, 0.1) is 5.82 Å². The Kier molecular flexibility index (Phi) is 6.79. The van der Waals surface area contributed by atoms with Gasteiger partial charge in [0.1, 0.15) is 11.9 Å². The van der Waals surface area contributed by atoms with E-state index in [2.05, 4.69) is 32.3 Å². The Hall–Kier alpha value is -3.00. The molecular formula is C22H14F5N5Pt. The van der Waals surface area contributed by atoms with Crippen molar-refractivity contribution in [3.05, 3.63) is 90.0 Å². The quantitative estimate of drug-likeness (QED) is 0.181.